The summed E-state index contributed by atoms with van der Waals surface area (Å²) in [5, 5.41) is 5.19. The van der Waals surface area contributed by atoms with Gasteiger partial charge in [-0.25, -0.2) is 0 Å². The number of hydrogen-bond acceptors (Lipinski definition) is 4. The van der Waals surface area contributed by atoms with Crippen molar-refractivity contribution in [3.05, 3.63) is 77.1 Å². The van der Waals surface area contributed by atoms with Crippen LogP contribution in [0.5, 0.6) is 0 Å². The standard InChI is InChI=1S/C25H22N4O4/c1-14-19(15-5-3-2-4-6-15)12-26-22(14)24(32)27-17-7-8-18-16(11-17)13-29(25(18)33)20-9-10-21(30)28-23(20)31/h2-8,11-12,20,26H,9-10,13H2,1H3,(H,27,32)(H,28,30,31). The summed E-state index contributed by atoms with van der Waals surface area (Å²) in [6.45, 7) is 2.15. The minimum Gasteiger partial charge on any atom is -0.356 e. The normalized spacial score (nSPS) is 17.7. The van der Waals surface area contributed by atoms with Gasteiger partial charge in [0.2, 0.25) is 11.8 Å². The van der Waals surface area contributed by atoms with E-state index in [4.69, 9.17) is 0 Å². The van der Waals surface area contributed by atoms with Crippen LogP contribution >= 0.6 is 0 Å². The van der Waals surface area contributed by atoms with Gasteiger partial charge in [-0.15, -0.1) is 0 Å². The summed E-state index contributed by atoms with van der Waals surface area (Å²) in [6, 6.07) is 14.3. The molecule has 2 aliphatic rings. The predicted molar refractivity (Wildman–Crippen MR) is 121 cm³/mol. The van der Waals surface area contributed by atoms with E-state index in [2.05, 4.69) is 15.6 Å². The Balaban J connectivity index is 1.33. The Morgan fingerprint density at radius 2 is 1.85 bits per heavy atom. The average Bonchev–Trinajstić information content (AvgIpc) is 3.34. The van der Waals surface area contributed by atoms with Crippen LogP contribution in [0.25, 0.3) is 11.1 Å². The third kappa shape index (κ3) is 3.69. The number of fused-ring (bicyclic) bond motifs is 1. The van der Waals surface area contributed by atoms with Crippen LogP contribution in [0.4, 0.5) is 5.69 Å². The first-order valence-electron chi connectivity index (χ1n) is 10.7. The van der Waals surface area contributed by atoms with Crippen molar-refractivity contribution in [2.75, 3.05) is 5.32 Å². The smallest absolute Gasteiger partial charge is 0.272 e. The Kier molecular flexibility index (Phi) is 5.05. The second kappa shape index (κ2) is 8.05. The number of aromatic nitrogens is 1. The molecule has 33 heavy (non-hydrogen) atoms. The highest BCUT2D eigenvalue weighted by atomic mass is 16.2. The van der Waals surface area contributed by atoms with Gasteiger partial charge in [0, 0.05) is 36.0 Å². The van der Waals surface area contributed by atoms with E-state index in [0.717, 1.165) is 22.3 Å². The Hall–Kier alpha value is -4.20. The molecular formula is C25H22N4O4. The van der Waals surface area contributed by atoms with E-state index in [1.54, 1.807) is 18.2 Å². The molecule has 166 valence electrons. The van der Waals surface area contributed by atoms with Gasteiger partial charge in [-0.1, -0.05) is 30.3 Å². The molecule has 1 unspecified atom stereocenters. The van der Waals surface area contributed by atoms with Gasteiger partial charge in [-0.3, -0.25) is 24.5 Å². The van der Waals surface area contributed by atoms with E-state index >= 15 is 0 Å². The highest BCUT2D eigenvalue weighted by Crippen LogP contribution is 2.30. The molecule has 3 heterocycles. The van der Waals surface area contributed by atoms with E-state index in [-0.39, 0.29) is 30.7 Å². The molecule has 8 nitrogen and oxygen atoms in total. The van der Waals surface area contributed by atoms with Crippen molar-refractivity contribution in [1.29, 1.82) is 0 Å². The SMILES string of the molecule is Cc1c(-c2ccccc2)c[nH]c1C(=O)Nc1ccc2c(c1)CN(C1CCC(=O)NC1=O)C2=O. The molecule has 3 aromatic rings. The number of anilines is 1. The lowest BCUT2D eigenvalue weighted by molar-refractivity contribution is -0.136. The maximum Gasteiger partial charge on any atom is 0.272 e. The molecule has 0 spiro atoms. The fourth-order valence-corrected chi connectivity index (χ4v) is 4.49. The van der Waals surface area contributed by atoms with Crippen LogP contribution in [0.15, 0.2) is 54.7 Å². The van der Waals surface area contributed by atoms with Gasteiger partial charge in [0.25, 0.3) is 11.8 Å². The van der Waals surface area contributed by atoms with E-state index in [9.17, 15) is 19.2 Å². The van der Waals surface area contributed by atoms with Gasteiger partial charge < -0.3 is 15.2 Å². The monoisotopic (exact) mass is 442 g/mol. The van der Waals surface area contributed by atoms with Crippen molar-refractivity contribution in [3.63, 3.8) is 0 Å². The van der Waals surface area contributed by atoms with Crippen LogP contribution in [-0.4, -0.2) is 39.6 Å². The maximum absolute atomic E-state index is 12.9. The first-order chi connectivity index (χ1) is 15.9. The van der Waals surface area contributed by atoms with Gasteiger partial charge in [0.15, 0.2) is 0 Å². The molecule has 0 saturated carbocycles. The topological polar surface area (TPSA) is 111 Å². The minimum atomic E-state index is -0.668. The molecule has 8 heteroatoms. The molecular weight excluding hydrogens is 420 g/mol. The van der Waals surface area contributed by atoms with Gasteiger partial charge in [0.1, 0.15) is 11.7 Å². The van der Waals surface area contributed by atoms with Crippen LogP contribution in [0, 0.1) is 6.92 Å². The first kappa shape index (κ1) is 20.7. The number of aromatic amines is 1. The lowest BCUT2D eigenvalue weighted by Crippen LogP contribution is -2.52. The zero-order valence-corrected chi connectivity index (χ0v) is 18.0. The second-order valence-corrected chi connectivity index (χ2v) is 8.29. The number of piperidine rings is 1. The molecule has 1 fully saturated rings. The zero-order chi connectivity index (χ0) is 23.1. The van der Waals surface area contributed by atoms with E-state index < -0.39 is 11.9 Å². The molecule has 5 rings (SSSR count). The number of H-pyrrole nitrogens is 1. The highest BCUT2D eigenvalue weighted by molar-refractivity contribution is 6.07. The number of nitrogens with one attached hydrogen (secondary N) is 3. The van der Waals surface area contributed by atoms with Crippen molar-refractivity contribution >= 4 is 29.3 Å². The van der Waals surface area contributed by atoms with Gasteiger partial charge in [-0.05, 0) is 48.2 Å². The van der Waals surface area contributed by atoms with Crippen LogP contribution < -0.4 is 10.6 Å². The number of rotatable bonds is 4. The van der Waals surface area contributed by atoms with Crippen LogP contribution in [0.3, 0.4) is 0 Å². The largest absolute Gasteiger partial charge is 0.356 e. The number of imide groups is 1. The van der Waals surface area contributed by atoms with Crippen LogP contribution in [0.2, 0.25) is 0 Å². The Bertz CT molecular complexity index is 1290. The lowest BCUT2D eigenvalue weighted by atomic mass is 10.0. The van der Waals surface area contributed by atoms with E-state index in [0.29, 0.717) is 23.4 Å². The fourth-order valence-electron chi connectivity index (χ4n) is 4.49. The van der Waals surface area contributed by atoms with Crippen molar-refractivity contribution in [2.45, 2.75) is 32.4 Å². The van der Waals surface area contributed by atoms with Crippen LogP contribution in [-0.2, 0) is 16.1 Å². The van der Waals surface area contributed by atoms with Crippen molar-refractivity contribution in [2.24, 2.45) is 0 Å². The molecule has 1 atom stereocenters. The van der Waals surface area contributed by atoms with E-state index in [1.165, 1.54) is 4.90 Å². The quantitative estimate of drug-likeness (QED) is 0.539. The zero-order valence-electron chi connectivity index (χ0n) is 18.0. The number of hydrogen-bond donors (Lipinski definition) is 3. The molecule has 2 aliphatic heterocycles. The fraction of sp³-hybridized carbons (Fsp3) is 0.200. The molecule has 3 N–H and O–H groups in total. The first-order valence-corrected chi connectivity index (χ1v) is 10.7. The van der Waals surface area contributed by atoms with Gasteiger partial charge in [0.05, 0.1) is 0 Å². The predicted octanol–water partition coefficient (Wildman–Crippen LogP) is 3.00. The van der Waals surface area contributed by atoms with Crippen molar-refractivity contribution in [3.8, 4) is 11.1 Å². The highest BCUT2D eigenvalue weighted by Gasteiger charge is 2.39. The second-order valence-electron chi connectivity index (χ2n) is 8.29. The summed E-state index contributed by atoms with van der Waals surface area (Å²) in [6.07, 6.45) is 2.33. The minimum absolute atomic E-state index is 0.207. The summed E-state index contributed by atoms with van der Waals surface area (Å²) < 4.78 is 0. The van der Waals surface area contributed by atoms with E-state index in [1.807, 2.05) is 43.5 Å². The van der Waals surface area contributed by atoms with Gasteiger partial charge >= 0.3 is 0 Å². The van der Waals surface area contributed by atoms with Crippen molar-refractivity contribution in [1.82, 2.24) is 15.2 Å². The molecule has 0 aliphatic carbocycles. The summed E-state index contributed by atoms with van der Waals surface area (Å²) in [5.74, 6) is -1.29. The molecule has 0 bridgehead atoms. The van der Waals surface area contributed by atoms with Crippen LogP contribution in [0.1, 0.15) is 44.8 Å². The lowest BCUT2D eigenvalue weighted by Gasteiger charge is -2.29. The number of nitrogens with zero attached hydrogens (tertiary/aromatic N) is 1. The number of amides is 4. The Morgan fingerprint density at radius 1 is 1.06 bits per heavy atom. The summed E-state index contributed by atoms with van der Waals surface area (Å²) in [5.41, 5.74) is 5.09. The molecule has 0 radical (unpaired) electrons. The van der Waals surface area contributed by atoms with Crippen molar-refractivity contribution < 1.29 is 19.2 Å². The molecule has 2 aromatic carbocycles. The summed E-state index contributed by atoms with van der Waals surface area (Å²) >= 11 is 0. The Labute approximate surface area is 190 Å². The maximum atomic E-state index is 12.9. The molecule has 1 saturated heterocycles. The summed E-state index contributed by atoms with van der Waals surface area (Å²) in [7, 11) is 0. The third-order valence-electron chi connectivity index (χ3n) is 6.23. The average molecular weight is 442 g/mol. The number of carbonyl (C=O) groups excluding carboxylic acids is 4. The molecule has 1 aromatic heterocycles. The number of carbonyl (C=O) groups is 4. The Morgan fingerprint density at radius 3 is 2.61 bits per heavy atom. The van der Waals surface area contributed by atoms with Gasteiger partial charge in [-0.2, -0.15) is 0 Å². The number of benzene rings is 2. The molecule has 4 amide bonds. The third-order valence-corrected chi connectivity index (χ3v) is 6.23. The summed E-state index contributed by atoms with van der Waals surface area (Å²) in [4.78, 5) is 53.9.